The Morgan fingerprint density at radius 3 is 2.71 bits per heavy atom. The molecule has 0 fully saturated rings. The first-order chi connectivity index (χ1) is 10.4. The highest BCUT2D eigenvalue weighted by atomic mass is 16.5. The molecule has 0 bridgehead atoms. The third kappa shape index (κ3) is 5.74. The summed E-state index contributed by atoms with van der Waals surface area (Å²) in [4.78, 5) is 12.6. The van der Waals surface area contributed by atoms with Crippen LogP contribution in [0.5, 0.6) is 5.88 Å². The molecular formula is C15H21N5O. The molecule has 0 saturated carbocycles. The molecule has 0 radical (unpaired) electrons. The summed E-state index contributed by atoms with van der Waals surface area (Å²) < 4.78 is 5.52. The zero-order chi connectivity index (χ0) is 14.8. The van der Waals surface area contributed by atoms with E-state index in [2.05, 4.69) is 25.6 Å². The summed E-state index contributed by atoms with van der Waals surface area (Å²) in [6.45, 7) is 5.14. The van der Waals surface area contributed by atoms with E-state index in [1.807, 2.05) is 37.5 Å². The Morgan fingerprint density at radius 1 is 1.14 bits per heavy atom. The first-order valence-electron chi connectivity index (χ1n) is 7.18. The van der Waals surface area contributed by atoms with E-state index in [1.165, 1.54) is 0 Å². The first kappa shape index (κ1) is 15.2. The molecular weight excluding hydrogens is 266 g/mol. The van der Waals surface area contributed by atoms with Crippen molar-refractivity contribution in [1.82, 2.24) is 20.3 Å². The van der Waals surface area contributed by atoms with Gasteiger partial charge >= 0.3 is 0 Å². The number of anilines is 1. The molecule has 2 N–H and O–H groups in total. The highest BCUT2D eigenvalue weighted by molar-refractivity contribution is 5.24. The van der Waals surface area contributed by atoms with Crippen molar-refractivity contribution >= 4 is 5.95 Å². The average Bonchev–Trinajstić information content (AvgIpc) is 2.53. The van der Waals surface area contributed by atoms with Gasteiger partial charge in [-0.25, -0.2) is 15.0 Å². The minimum atomic E-state index is 0.653. The van der Waals surface area contributed by atoms with Gasteiger partial charge in [0.2, 0.25) is 11.8 Å². The van der Waals surface area contributed by atoms with Gasteiger partial charge in [0.1, 0.15) is 0 Å². The standard InChI is InChI=1S/C15H21N5O/c1-2-17-15-19-11-13(12-20-15)10-16-7-5-9-21-14-6-3-4-8-18-14/h3-4,6,8,11-12,16H,2,5,7,9-10H2,1H3,(H,17,19,20). The van der Waals surface area contributed by atoms with Gasteiger partial charge in [0.05, 0.1) is 6.61 Å². The van der Waals surface area contributed by atoms with E-state index in [0.717, 1.165) is 31.6 Å². The van der Waals surface area contributed by atoms with Gasteiger partial charge in [-0.3, -0.25) is 0 Å². The van der Waals surface area contributed by atoms with E-state index < -0.39 is 0 Å². The number of hydrogen-bond donors (Lipinski definition) is 2. The molecule has 0 aliphatic carbocycles. The topological polar surface area (TPSA) is 72.0 Å². The Balaban J connectivity index is 1.57. The molecule has 0 aromatic carbocycles. The van der Waals surface area contributed by atoms with Crippen LogP contribution in [0, 0.1) is 0 Å². The quantitative estimate of drug-likeness (QED) is 0.686. The van der Waals surface area contributed by atoms with Gasteiger partial charge in [-0.15, -0.1) is 0 Å². The van der Waals surface area contributed by atoms with Gasteiger partial charge < -0.3 is 15.4 Å². The summed E-state index contributed by atoms with van der Waals surface area (Å²) in [5.41, 5.74) is 1.07. The molecule has 21 heavy (non-hydrogen) atoms. The third-order valence-electron chi connectivity index (χ3n) is 2.75. The molecule has 2 heterocycles. The van der Waals surface area contributed by atoms with E-state index in [4.69, 9.17) is 4.74 Å². The van der Waals surface area contributed by atoms with Crippen LogP contribution in [0.25, 0.3) is 0 Å². The molecule has 0 atom stereocenters. The molecule has 2 aromatic heterocycles. The molecule has 0 saturated heterocycles. The second kappa shape index (κ2) is 8.86. The number of aromatic nitrogens is 3. The van der Waals surface area contributed by atoms with Crippen LogP contribution >= 0.6 is 0 Å². The van der Waals surface area contributed by atoms with Crippen molar-refractivity contribution in [2.24, 2.45) is 0 Å². The molecule has 0 spiro atoms. The molecule has 0 aliphatic rings. The lowest BCUT2D eigenvalue weighted by molar-refractivity contribution is 0.296. The molecule has 0 amide bonds. The van der Waals surface area contributed by atoms with Crippen LogP contribution < -0.4 is 15.4 Å². The lowest BCUT2D eigenvalue weighted by Crippen LogP contribution is -2.17. The Bertz CT molecular complexity index is 503. The monoisotopic (exact) mass is 287 g/mol. The molecule has 0 unspecified atom stereocenters. The van der Waals surface area contributed by atoms with Gasteiger partial charge in [-0.1, -0.05) is 6.07 Å². The van der Waals surface area contributed by atoms with Crippen LogP contribution in [0.3, 0.4) is 0 Å². The summed E-state index contributed by atoms with van der Waals surface area (Å²) in [6, 6.07) is 5.64. The second-order valence-electron chi connectivity index (χ2n) is 4.49. The van der Waals surface area contributed by atoms with E-state index in [9.17, 15) is 0 Å². The molecule has 6 nitrogen and oxygen atoms in total. The Kier molecular flexibility index (Phi) is 6.41. The maximum Gasteiger partial charge on any atom is 0.222 e. The van der Waals surface area contributed by atoms with Crippen molar-refractivity contribution in [3.63, 3.8) is 0 Å². The van der Waals surface area contributed by atoms with Gasteiger partial charge in [-0.05, 0) is 26.0 Å². The number of nitrogens with one attached hydrogen (secondary N) is 2. The van der Waals surface area contributed by atoms with Crippen LogP contribution in [0.1, 0.15) is 18.9 Å². The SMILES string of the molecule is CCNc1ncc(CNCCCOc2ccccn2)cn1. The third-order valence-corrected chi connectivity index (χ3v) is 2.75. The minimum Gasteiger partial charge on any atom is -0.478 e. The number of hydrogen-bond acceptors (Lipinski definition) is 6. The number of rotatable bonds is 9. The number of pyridine rings is 1. The van der Waals surface area contributed by atoms with Crippen molar-refractivity contribution in [2.75, 3.05) is 25.0 Å². The van der Waals surface area contributed by atoms with Gasteiger partial charge in [0.15, 0.2) is 0 Å². The summed E-state index contributed by atoms with van der Waals surface area (Å²) in [6.07, 6.45) is 6.32. The Hall–Kier alpha value is -2.21. The fraction of sp³-hybridized carbons (Fsp3) is 0.400. The van der Waals surface area contributed by atoms with Crippen molar-refractivity contribution in [1.29, 1.82) is 0 Å². The average molecular weight is 287 g/mol. The molecule has 6 heteroatoms. The molecule has 2 aromatic rings. The van der Waals surface area contributed by atoms with Crippen LogP contribution in [-0.4, -0.2) is 34.6 Å². The minimum absolute atomic E-state index is 0.653. The van der Waals surface area contributed by atoms with Gasteiger partial charge in [0, 0.05) is 43.3 Å². The maximum absolute atomic E-state index is 5.52. The van der Waals surface area contributed by atoms with Crippen LogP contribution in [0.4, 0.5) is 5.95 Å². The van der Waals surface area contributed by atoms with E-state index in [-0.39, 0.29) is 0 Å². The predicted octanol–water partition coefficient (Wildman–Crippen LogP) is 1.86. The lowest BCUT2D eigenvalue weighted by atomic mass is 10.3. The number of ether oxygens (including phenoxy) is 1. The number of nitrogens with zero attached hydrogens (tertiary/aromatic N) is 3. The normalized spacial score (nSPS) is 10.3. The predicted molar refractivity (Wildman–Crippen MR) is 82.3 cm³/mol. The summed E-state index contributed by atoms with van der Waals surface area (Å²) >= 11 is 0. The van der Waals surface area contributed by atoms with Crippen LogP contribution in [-0.2, 0) is 6.54 Å². The zero-order valence-corrected chi connectivity index (χ0v) is 12.2. The van der Waals surface area contributed by atoms with E-state index >= 15 is 0 Å². The lowest BCUT2D eigenvalue weighted by Gasteiger charge is -2.07. The van der Waals surface area contributed by atoms with Crippen molar-refractivity contribution < 1.29 is 4.74 Å². The molecule has 2 rings (SSSR count). The second-order valence-corrected chi connectivity index (χ2v) is 4.49. The van der Waals surface area contributed by atoms with Crippen molar-refractivity contribution in [3.05, 3.63) is 42.4 Å². The fourth-order valence-electron chi connectivity index (χ4n) is 1.73. The van der Waals surface area contributed by atoms with E-state index in [0.29, 0.717) is 18.4 Å². The first-order valence-corrected chi connectivity index (χ1v) is 7.18. The highest BCUT2D eigenvalue weighted by Gasteiger charge is 1.97. The molecule has 112 valence electrons. The van der Waals surface area contributed by atoms with Crippen LogP contribution in [0.15, 0.2) is 36.8 Å². The maximum atomic E-state index is 5.52. The molecule has 0 aliphatic heterocycles. The van der Waals surface area contributed by atoms with Crippen LogP contribution in [0.2, 0.25) is 0 Å². The van der Waals surface area contributed by atoms with Gasteiger partial charge in [-0.2, -0.15) is 0 Å². The smallest absolute Gasteiger partial charge is 0.222 e. The van der Waals surface area contributed by atoms with E-state index in [1.54, 1.807) is 6.20 Å². The Labute approximate surface area is 125 Å². The largest absolute Gasteiger partial charge is 0.478 e. The summed E-state index contributed by atoms with van der Waals surface area (Å²) in [5.74, 6) is 1.34. The summed E-state index contributed by atoms with van der Waals surface area (Å²) in [7, 11) is 0. The van der Waals surface area contributed by atoms with Crippen molar-refractivity contribution in [2.45, 2.75) is 19.9 Å². The fourth-order valence-corrected chi connectivity index (χ4v) is 1.73. The van der Waals surface area contributed by atoms with Gasteiger partial charge in [0.25, 0.3) is 0 Å². The highest BCUT2D eigenvalue weighted by Crippen LogP contribution is 2.03. The summed E-state index contributed by atoms with van der Waals surface area (Å²) in [5, 5.41) is 6.41. The Morgan fingerprint density at radius 2 is 2.00 bits per heavy atom. The van der Waals surface area contributed by atoms with Crippen molar-refractivity contribution in [3.8, 4) is 5.88 Å². The zero-order valence-electron chi connectivity index (χ0n) is 12.2.